The van der Waals surface area contributed by atoms with Crippen LogP contribution in [0.4, 0.5) is 0 Å². The van der Waals surface area contributed by atoms with Crippen molar-refractivity contribution in [2.45, 2.75) is 26.0 Å². The zero-order chi connectivity index (χ0) is 20.1. The van der Waals surface area contributed by atoms with Gasteiger partial charge < -0.3 is 14.2 Å². The Balaban J connectivity index is 1.64. The van der Waals surface area contributed by atoms with Crippen LogP contribution in [0, 0.1) is 0 Å². The minimum Gasteiger partial charge on any atom is -0.481 e. The molecule has 0 aliphatic rings. The third-order valence-electron chi connectivity index (χ3n) is 4.06. The van der Waals surface area contributed by atoms with E-state index in [1.165, 1.54) is 4.90 Å². The molecule has 3 rings (SSSR count). The van der Waals surface area contributed by atoms with Crippen molar-refractivity contribution in [1.82, 2.24) is 15.0 Å². The number of carbonyl (C=O) groups is 1. The fourth-order valence-corrected chi connectivity index (χ4v) is 2.80. The maximum Gasteiger partial charge on any atom is 0.263 e. The molecule has 6 nitrogen and oxygen atoms in total. The van der Waals surface area contributed by atoms with E-state index in [-0.39, 0.29) is 12.5 Å². The van der Waals surface area contributed by atoms with Gasteiger partial charge in [0.05, 0.1) is 6.54 Å². The van der Waals surface area contributed by atoms with Gasteiger partial charge >= 0.3 is 0 Å². The molecule has 28 heavy (non-hydrogen) atoms. The molecule has 1 aromatic heterocycles. The van der Waals surface area contributed by atoms with Crippen molar-refractivity contribution in [1.29, 1.82) is 0 Å². The second kappa shape index (κ2) is 9.08. The van der Waals surface area contributed by atoms with Crippen LogP contribution in [0.1, 0.15) is 19.2 Å². The van der Waals surface area contributed by atoms with E-state index in [2.05, 4.69) is 10.1 Å². The summed E-state index contributed by atoms with van der Waals surface area (Å²) in [6.45, 7) is 2.07. The van der Waals surface area contributed by atoms with Gasteiger partial charge in [-0.05, 0) is 55.0 Å². The molecule has 1 heterocycles. The van der Waals surface area contributed by atoms with Gasteiger partial charge in [-0.25, -0.2) is 0 Å². The first kappa shape index (κ1) is 20.2. The van der Waals surface area contributed by atoms with Crippen molar-refractivity contribution >= 4 is 29.1 Å². The van der Waals surface area contributed by atoms with Crippen LogP contribution in [0.25, 0.3) is 11.4 Å². The Labute approximate surface area is 173 Å². The number of aromatic nitrogens is 2. The molecule has 3 aromatic rings. The van der Waals surface area contributed by atoms with Gasteiger partial charge in [0.15, 0.2) is 6.10 Å². The lowest BCUT2D eigenvalue weighted by atomic mass is 10.2. The smallest absolute Gasteiger partial charge is 0.263 e. The third kappa shape index (κ3) is 5.03. The second-order valence-corrected chi connectivity index (χ2v) is 7.05. The molecule has 0 N–H and O–H groups in total. The summed E-state index contributed by atoms with van der Waals surface area (Å²) in [5, 5.41) is 5.20. The number of rotatable bonds is 7. The van der Waals surface area contributed by atoms with E-state index >= 15 is 0 Å². The molecule has 1 unspecified atom stereocenters. The van der Waals surface area contributed by atoms with E-state index in [0.717, 1.165) is 5.56 Å². The monoisotopic (exact) mass is 419 g/mol. The Morgan fingerprint density at radius 3 is 2.32 bits per heavy atom. The Morgan fingerprint density at radius 1 is 1.11 bits per heavy atom. The van der Waals surface area contributed by atoms with Crippen molar-refractivity contribution in [3.05, 3.63) is 64.5 Å². The normalized spacial score (nSPS) is 11.9. The average Bonchev–Trinajstić information content (AvgIpc) is 3.16. The number of halogens is 2. The lowest BCUT2D eigenvalue weighted by molar-refractivity contribution is -0.138. The minimum absolute atomic E-state index is 0.177. The van der Waals surface area contributed by atoms with Crippen molar-refractivity contribution in [2.24, 2.45) is 0 Å². The Morgan fingerprint density at radius 2 is 1.71 bits per heavy atom. The molecule has 0 bridgehead atoms. The van der Waals surface area contributed by atoms with Crippen LogP contribution in [0.3, 0.4) is 0 Å². The Hall–Kier alpha value is -2.57. The van der Waals surface area contributed by atoms with Crippen LogP contribution in [-0.2, 0) is 11.3 Å². The molecule has 0 radical (unpaired) electrons. The molecular weight excluding hydrogens is 401 g/mol. The second-order valence-electron chi connectivity index (χ2n) is 6.18. The molecule has 0 saturated heterocycles. The molecule has 0 saturated carbocycles. The topological polar surface area (TPSA) is 68.5 Å². The summed E-state index contributed by atoms with van der Waals surface area (Å²) < 4.78 is 11.1. The van der Waals surface area contributed by atoms with Crippen LogP contribution in [0.2, 0.25) is 10.0 Å². The number of nitrogens with zero attached hydrogens (tertiary/aromatic N) is 3. The summed E-state index contributed by atoms with van der Waals surface area (Å²) >= 11 is 11.8. The quantitative estimate of drug-likeness (QED) is 0.546. The Kier molecular flexibility index (Phi) is 6.54. The fraction of sp³-hybridized carbons (Fsp3) is 0.250. The first-order valence-electron chi connectivity index (χ1n) is 8.72. The average molecular weight is 420 g/mol. The molecular formula is C20H19Cl2N3O3. The number of likely N-dealkylation sites (N-methyl/N-ethyl adjacent to an activating group) is 1. The molecule has 1 amide bonds. The fourth-order valence-electron chi connectivity index (χ4n) is 2.55. The molecule has 2 aromatic carbocycles. The van der Waals surface area contributed by atoms with Crippen molar-refractivity contribution in [2.75, 3.05) is 7.05 Å². The lowest BCUT2D eigenvalue weighted by Crippen LogP contribution is -2.39. The van der Waals surface area contributed by atoms with Gasteiger partial charge in [0.2, 0.25) is 11.7 Å². The first-order valence-corrected chi connectivity index (χ1v) is 9.47. The van der Waals surface area contributed by atoms with E-state index in [9.17, 15) is 4.79 Å². The number of hydrogen-bond acceptors (Lipinski definition) is 5. The number of amides is 1. The van der Waals surface area contributed by atoms with Crippen molar-refractivity contribution in [3.8, 4) is 17.1 Å². The van der Waals surface area contributed by atoms with Crippen molar-refractivity contribution in [3.63, 3.8) is 0 Å². The molecule has 0 spiro atoms. The van der Waals surface area contributed by atoms with Gasteiger partial charge in [-0.2, -0.15) is 4.98 Å². The molecule has 8 heteroatoms. The highest BCUT2D eigenvalue weighted by molar-refractivity contribution is 6.30. The summed E-state index contributed by atoms with van der Waals surface area (Å²) in [6, 6.07) is 14.0. The van der Waals surface area contributed by atoms with Crippen LogP contribution >= 0.6 is 23.2 Å². The zero-order valence-corrected chi connectivity index (χ0v) is 16.9. The first-order chi connectivity index (χ1) is 13.5. The van der Waals surface area contributed by atoms with Gasteiger partial charge in [-0.1, -0.05) is 35.3 Å². The number of benzene rings is 2. The number of ether oxygens (including phenoxy) is 1. The molecule has 0 aliphatic heterocycles. The van der Waals surface area contributed by atoms with Crippen LogP contribution < -0.4 is 4.74 Å². The van der Waals surface area contributed by atoms with Gasteiger partial charge in [0.1, 0.15) is 5.75 Å². The highest BCUT2D eigenvalue weighted by Gasteiger charge is 2.24. The SMILES string of the molecule is CCC(Oc1ccc(Cl)cc1)C(=O)N(C)Cc1nc(-c2ccc(Cl)cc2)no1. The number of hydrogen-bond donors (Lipinski definition) is 0. The highest BCUT2D eigenvalue weighted by atomic mass is 35.5. The van der Waals surface area contributed by atoms with Gasteiger partial charge in [-0.15, -0.1) is 0 Å². The lowest BCUT2D eigenvalue weighted by Gasteiger charge is -2.22. The van der Waals surface area contributed by atoms with Gasteiger partial charge in [0, 0.05) is 22.7 Å². The number of carbonyl (C=O) groups excluding carboxylic acids is 1. The molecule has 0 aliphatic carbocycles. The predicted octanol–water partition coefficient (Wildman–Crippen LogP) is 4.86. The largest absolute Gasteiger partial charge is 0.481 e. The molecule has 0 fully saturated rings. The maximum absolute atomic E-state index is 12.7. The van der Waals surface area contributed by atoms with E-state index in [4.69, 9.17) is 32.5 Å². The third-order valence-corrected chi connectivity index (χ3v) is 4.56. The highest BCUT2D eigenvalue weighted by Crippen LogP contribution is 2.20. The molecule has 146 valence electrons. The van der Waals surface area contributed by atoms with Crippen LogP contribution in [-0.4, -0.2) is 34.1 Å². The maximum atomic E-state index is 12.7. The predicted molar refractivity (Wildman–Crippen MR) is 107 cm³/mol. The summed E-state index contributed by atoms with van der Waals surface area (Å²) in [6.07, 6.45) is -0.101. The summed E-state index contributed by atoms with van der Waals surface area (Å²) in [5.41, 5.74) is 0.783. The van der Waals surface area contributed by atoms with Gasteiger partial charge in [-0.3, -0.25) is 4.79 Å². The zero-order valence-electron chi connectivity index (χ0n) is 15.4. The van der Waals surface area contributed by atoms with E-state index in [0.29, 0.717) is 33.9 Å². The van der Waals surface area contributed by atoms with Crippen molar-refractivity contribution < 1.29 is 14.1 Å². The minimum atomic E-state index is -0.621. The summed E-state index contributed by atoms with van der Waals surface area (Å²) in [4.78, 5) is 18.6. The van der Waals surface area contributed by atoms with Crippen LogP contribution in [0.5, 0.6) is 5.75 Å². The van der Waals surface area contributed by atoms with E-state index < -0.39 is 6.10 Å². The van der Waals surface area contributed by atoms with Crippen LogP contribution in [0.15, 0.2) is 53.1 Å². The molecule has 1 atom stereocenters. The van der Waals surface area contributed by atoms with Gasteiger partial charge in [0.25, 0.3) is 5.91 Å². The van der Waals surface area contributed by atoms with E-state index in [1.807, 2.05) is 6.92 Å². The van der Waals surface area contributed by atoms with E-state index in [1.54, 1.807) is 55.6 Å². The Bertz CT molecular complexity index is 927. The standard InChI is InChI=1S/C20H19Cl2N3O3/c1-3-17(27-16-10-8-15(22)9-11-16)20(26)25(2)12-18-23-19(24-28-18)13-4-6-14(21)7-5-13/h4-11,17H,3,12H2,1-2H3. The summed E-state index contributed by atoms with van der Waals surface area (Å²) in [7, 11) is 1.67. The summed E-state index contributed by atoms with van der Waals surface area (Å²) in [5.74, 6) is 1.18.